The van der Waals surface area contributed by atoms with Crippen LogP contribution in [0.4, 0.5) is 5.13 Å². The van der Waals surface area contributed by atoms with Gasteiger partial charge in [0, 0.05) is 6.54 Å². The normalized spacial score (nSPS) is 25.8. The van der Waals surface area contributed by atoms with Crippen molar-refractivity contribution in [3.63, 3.8) is 0 Å². The molecular weight excluding hydrogens is 471 g/mol. The van der Waals surface area contributed by atoms with Crippen molar-refractivity contribution in [2.75, 3.05) is 30.3 Å². The van der Waals surface area contributed by atoms with Crippen LogP contribution in [0.5, 0.6) is 0 Å². The highest BCUT2D eigenvalue weighted by Gasteiger charge is 2.49. The summed E-state index contributed by atoms with van der Waals surface area (Å²) in [6, 6.07) is -1.11. The SMILES string of the molecule is CN[C@H]1CN(C(=O)c2cnc(N)s2)C2CNC(=O)[C@H](CCCI)N2C1=O. The molecule has 0 aromatic carbocycles. The number of aromatic nitrogens is 1. The maximum absolute atomic E-state index is 13.0. The van der Waals surface area contributed by atoms with Crippen molar-refractivity contribution < 1.29 is 14.4 Å². The number of anilines is 1. The summed E-state index contributed by atoms with van der Waals surface area (Å²) in [7, 11) is 1.68. The second-order valence-electron chi connectivity index (χ2n) is 6.18. The minimum Gasteiger partial charge on any atom is -0.375 e. The number of fused-ring (bicyclic) bond motifs is 1. The van der Waals surface area contributed by atoms with E-state index < -0.39 is 18.2 Å². The third-order valence-corrected chi connectivity index (χ3v) is 6.24. The van der Waals surface area contributed by atoms with Crippen molar-refractivity contribution in [3.8, 4) is 0 Å². The summed E-state index contributed by atoms with van der Waals surface area (Å²) in [5.74, 6) is -0.532. The molecule has 142 valence electrons. The standard InChI is InChI=1S/C15H21IN6O3S/c1-18-8-7-21(14(25)10-5-20-15(17)26-10)11-6-19-12(23)9(3-2-4-16)22(11)13(8)24/h5,8-9,11,18H,2-4,6-7H2,1H3,(H2,17,20)(H,19,23)/t8-,9-,11?/m0/s1. The Morgan fingerprint density at radius 1 is 1.54 bits per heavy atom. The van der Waals surface area contributed by atoms with Crippen molar-refractivity contribution in [3.05, 3.63) is 11.1 Å². The number of alkyl halides is 1. The predicted octanol–water partition coefficient (Wildman–Crippen LogP) is -0.363. The molecule has 2 fully saturated rings. The fraction of sp³-hybridized carbons (Fsp3) is 0.600. The van der Waals surface area contributed by atoms with E-state index >= 15 is 0 Å². The second-order valence-corrected chi connectivity index (χ2v) is 8.32. The van der Waals surface area contributed by atoms with E-state index in [1.54, 1.807) is 16.8 Å². The summed E-state index contributed by atoms with van der Waals surface area (Å²) in [4.78, 5) is 45.9. The average Bonchev–Trinajstić information content (AvgIpc) is 3.07. The summed E-state index contributed by atoms with van der Waals surface area (Å²) in [6.45, 7) is 0.462. The number of thiazole rings is 1. The van der Waals surface area contributed by atoms with Gasteiger partial charge in [0.2, 0.25) is 11.8 Å². The minimum atomic E-state index is -0.561. The van der Waals surface area contributed by atoms with E-state index in [1.165, 1.54) is 6.20 Å². The number of carbonyl (C=O) groups excluding carboxylic acids is 3. The number of amides is 3. The number of hydrogen-bond donors (Lipinski definition) is 3. The van der Waals surface area contributed by atoms with E-state index in [4.69, 9.17) is 5.73 Å². The summed E-state index contributed by atoms with van der Waals surface area (Å²) in [6.07, 6.45) is 2.34. The van der Waals surface area contributed by atoms with Crippen molar-refractivity contribution in [2.24, 2.45) is 0 Å². The van der Waals surface area contributed by atoms with Gasteiger partial charge in [0.05, 0.1) is 12.7 Å². The van der Waals surface area contributed by atoms with E-state index in [0.717, 1.165) is 22.2 Å². The molecule has 0 radical (unpaired) electrons. The highest BCUT2D eigenvalue weighted by molar-refractivity contribution is 14.1. The van der Waals surface area contributed by atoms with Crippen molar-refractivity contribution in [2.45, 2.75) is 31.1 Å². The van der Waals surface area contributed by atoms with Gasteiger partial charge in [-0.1, -0.05) is 33.9 Å². The first-order valence-electron chi connectivity index (χ1n) is 8.33. The first kappa shape index (κ1) is 19.3. The molecule has 1 unspecified atom stereocenters. The number of likely N-dealkylation sites (N-methyl/N-ethyl adjacent to an activating group) is 1. The highest BCUT2D eigenvalue weighted by atomic mass is 127. The fourth-order valence-electron chi connectivity index (χ4n) is 3.38. The molecule has 11 heteroatoms. The first-order chi connectivity index (χ1) is 12.5. The Labute approximate surface area is 168 Å². The molecule has 1 aromatic heterocycles. The quantitative estimate of drug-likeness (QED) is 0.382. The van der Waals surface area contributed by atoms with Crippen molar-refractivity contribution >= 4 is 56.8 Å². The Bertz CT molecular complexity index is 713. The molecule has 2 aliphatic rings. The van der Waals surface area contributed by atoms with Gasteiger partial charge in [-0.2, -0.15) is 0 Å². The van der Waals surface area contributed by atoms with Crippen LogP contribution in [0.25, 0.3) is 0 Å². The van der Waals surface area contributed by atoms with Crippen LogP contribution < -0.4 is 16.4 Å². The van der Waals surface area contributed by atoms with E-state index in [1.807, 2.05) is 0 Å². The lowest BCUT2D eigenvalue weighted by molar-refractivity contribution is -0.159. The van der Waals surface area contributed by atoms with Gasteiger partial charge in [0.25, 0.3) is 5.91 Å². The zero-order chi connectivity index (χ0) is 18.8. The third kappa shape index (κ3) is 3.51. The lowest BCUT2D eigenvalue weighted by atomic mass is 9.99. The summed E-state index contributed by atoms with van der Waals surface area (Å²) < 4.78 is 0.895. The molecule has 3 amide bonds. The van der Waals surface area contributed by atoms with E-state index in [0.29, 0.717) is 16.4 Å². The number of nitrogens with two attached hydrogens (primary N) is 1. The van der Waals surface area contributed by atoms with Gasteiger partial charge in [0.15, 0.2) is 5.13 Å². The number of carbonyl (C=O) groups is 3. The monoisotopic (exact) mass is 492 g/mol. The van der Waals surface area contributed by atoms with Crippen LogP contribution in [0.15, 0.2) is 6.20 Å². The van der Waals surface area contributed by atoms with Crippen LogP contribution >= 0.6 is 33.9 Å². The molecule has 3 heterocycles. The topological polar surface area (TPSA) is 121 Å². The number of nitrogen functional groups attached to an aromatic ring is 1. The Balaban J connectivity index is 1.92. The predicted molar refractivity (Wildman–Crippen MR) is 106 cm³/mol. The minimum absolute atomic E-state index is 0.140. The zero-order valence-corrected chi connectivity index (χ0v) is 17.2. The molecule has 3 rings (SSSR count). The van der Waals surface area contributed by atoms with Gasteiger partial charge in [-0.15, -0.1) is 0 Å². The lowest BCUT2D eigenvalue weighted by Crippen LogP contribution is -2.75. The molecular formula is C15H21IN6O3S. The number of hydrogen-bond acceptors (Lipinski definition) is 7. The molecule has 0 saturated carbocycles. The second kappa shape index (κ2) is 8.05. The van der Waals surface area contributed by atoms with Gasteiger partial charge in [0.1, 0.15) is 23.1 Å². The third-order valence-electron chi connectivity index (χ3n) is 4.66. The number of halogens is 1. The molecule has 26 heavy (non-hydrogen) atoms. The molecule has 2 saturated heterocycles. The van der Waals surface area contributed by atoms with Gasteiger partial charge in [-0.25, -0.2) is 4.98 Å². The van der Waals surface area contributed by atoms with E-state index in [9.17, 15) is 14.4 Å². The van der Waals surface area contributed by atoms with Crippen molar-refractivity contribution in [1.29, 1.82) is 0 Å². The Hall–Kier alpha value is -1.47. The van der Waals surface area contributed by atoms with Gasteiger partial charge >= 0.3 is 0 Å². The number of rotatable bonds is 5. The summed E-state index contributed by atoms with van der Waals surface area (Å²) in [5.41, 5.74) is 5.65. The Morgan fingerprint density at radius 3 is 2.92 bits per heavy atom. The smallest absolute Gasteiger partial charge is 0.267 e. The van der Waals surface area contributed by atoms with Gasteiger partial charge in [-0.05, 0) is 24.3 Å². The molecule has 4 N–H and O–H groups in total. The van der Waals surface area contributed by atoms with Crippen LogP contribution in [0.1, 0.15) is 22.5 Å². The Morgan fingerprint density at radius 2 is 2.31 bits per heavy atom. The summed E-state index contributed by atoms with van der Waals surface area (Å²) >= 11 is 3.37. The van der Waals surface area contributed by atoms with Crippen LogP contribution in [0, 0.1) is 0 Å². The first-order valence-corrected chi connectivity index (χ1v) is 10.7. The average molecular weight is 492 g/mol. The maximum atomic E-state index is 13.0. The zero-order valence-electron chi connectivity index (χ0n) is 14.3. The largest absolute Gasteiger partial charge is 0.375 e. The molecule has 1 aromatic rings. The number of nitrogens with one attached hydrogen (secondary N) is 2. The lowest BCUT2D eigenvalue weighted by Gasteiger charge is -2.51. The fourth-order valence-corrected chi connectivity index (χ4v) is 4.46. The molecule has 9 nitrogen and oxygen atoms in total. The van der Waals surface area contributed by atoms with E-state index in [2.05, 4.69) is 38.2 Å². The summed E-state index contributed by atoms with van der Waals surface area (Å²) in [5, 5.41) is 6.13. The molecule has 0 bridgehead atoms. The van der Waals surface area contributed by atoms with Crippen LogP contribution in [0.2, 0.25) is 0 Å². The molecule has 3 atom stereocenters. The molecule has 0 aliphatic carbocycles. The Kier molecular flexibility index (Phi) is 5.97. The number of piperazine rings is 1. The van der Waals surface area contributed by atoms with Gasteiger partial charge < -0.3 is 26.2 Å². The van der Waals surface area contributed by atoms with Crippen LogP contribution in [-0.2, 0) is 9.59 Å². The molecule has 2 aliphatic heterocycles. The van der Waals surface area contributed by atoms with Crippen molar-refractivity contribution in [1.82, 2.24) is 25.4 Å². The number of nitrogens with zero attached hydrogens (tertiary/aromatic N) is 3. The van der Waals surface area contributed by atoms with E-state index in [-0.39, 0.29) is 30.8 Å². The maximum Gasteiger partial charge on any atom is 0.267 e. The van der Waals surface area contributed by atoms with Crippen LogP contribution in [-0.4, -0.2) is 75.3 Å². The highest BCUT2D eigenvalue weighted by Crippen LogP contribution is 2.27. The van der Waals surface area contributed by atoms with Crippen LogP contribution in [0.3, 0.4) is 0 Å². The van der Waals surface area contributed by atoms with Gasteiger partial charge in [-0.3, -0.25) is 14.4 Å². The molecule has 0 spiro atoms.